The van der Waals surface area contributed by atoms with Crippen LogP contribution in [0.3, 0.4) is 0 Å². The third-order valence-corrected chi connectivity index (χ3v) is 7.59. The van der Waals surface area contributed by atoms with Gasteiger partial charge in [-0.3, -0.25) is 4.79 Å². The maximum Gasteiger partial charge on any atom is 0.312 e. The van der Waals surface area contributed by atoms with Crippen LogP contribution in [0.2, 0.25) is 24.7 Å². The summed E-state index contributed by atoms with van der Waals surface area (Å²) in [4.78, 5) is 12.3. The van der Waals surface area contributed by atoms with Crippen molar-refractivity contribution in [2.24, 2.45) is 0 Å². The molecule has 0 spiro atoms. The molecule has 1 saturated heterocycles. The van der Waals surface area contributed by atoms with E-state index in [0.717, 1.165) is 5.56 Å². The lowest BCUT2D eigenvalue weighted by Gasteiger charge is -2.38. The fourth-order valence-corrected chi connectivity index (χ4v) is 5.60. The van der Waals surface area contributed by atoms with Crippen LogP contribution in [0, 0.1) is 0 Å². The summed E-state index contributed by atoms with van der Waals surface area (Å²) < 4.78 is 10.5. The first-order valence-electron chi connectivity index (χ1n) is 6.20. The third-order valence-electron chi connectivity index (χ3n) is 4.09. The zero-order chi connectivity index (χ0) is 13.6. The monoisotopic (exact) mass is 268 g/mol. The molecule has 1 N–H and O–H groups in total. The summed E-state index contributed by atoms with van der Waals surface area (Å²) in [6.45, 7) is 7.98. The lowest BCUT2D eigenvalue weighted by atomic mass is 9.96. The molecule has 2 heterocycles. The van der Waals surface area contributed by atoms with E-state index < -0.39 is 19.2 Å². The number of rotatable bonds is 3. The maximum atomic E-state index is 12.3. The molecule has 1 aromatic heterocycles. The molecular formula is C13H20O4Si. The van der Waals surface area contributed by atoms with Crippen molar-refractivity contribution in [2.45, 2.75) is 50.2 Å². The Kier molecular flexibility index (Phi) is 3.15. The molecule has 1 aromatic rings. The molecule has 1 aliphatic rings. The molecule has 1 fully saturated rings. The summed E-state index contributed by atoms with van der Waals surface area (Å²) >= 11 is 0. The van der Waals surface area contributed by atoms with Crippen LogP contribution in [0.5, 0.6) is 0 Å². The molecule has 1 unspecified atom stereocenters. The quantitative estimate of drug-likeness (QED) is 0.676. The summed E-state index contributed by atoms with van der Waals surface area (Å²) in [5.74, 6) is -0.261. The van der Waals surface area contributed by atoms with Gasteiger partial charge in [0, 0.05) is 12.0 Å². The van der Waals surface area contributed by atoms with Crippen LogP contribution in [-0.4, -0.2) is 25.3 Å². The highest BCUT2D eigenvalue weighted by Crippen LogP contribution is 2.55. The molecule has 0 bridgehead atoms. The number of aliphatic hydroxyl groups excluding tert-OH is 1. The summed E-state index contributed by atoms with van der Waals surface area (Å²) in [6, 6.07) is 1.81. The molecule has 100 valence electrons. The van der Waals surface area contributed by atoms with Gasteiger partial charge in [-0.25, -0.2) is 0 Å². The molecular weight excluding hydrogens is 248 g/mol. The van der Waals surface area contributed by atoms with Gasteiger partial charge < -0.3 is 14.3 Å². The number of carbonyl (C=O) groups excluding carboxylic acids is 1. The molecule has 5 heteroatoms. The molecule has 0 aromatic carbocycles. The van der Waals surface area contributed by atoms with Crippen molar-refractivity contribution in [3.8, 4) is 0 Å². The van der Waals surface area contributed by atoms with Gasteiger partial charge in [0.25, 0.3) is 0 Å². The molecule has 2 rings (SSSR count). The first-order chi connectivity index (χ1) is 8.29. The fourth-order valence-electron chi connectivity index (χ4n) is 2.88. The second-order valence-corrected chi connectivity index (χ2v) is 11.4. The molecule has 0 saturated carbocycles. The van der Waals surface area contributed by atoms with Crippen molar-refractivity contribution in [1.29, 1.82) is 0 Å². The van der Waals surface area contributed by atoms with Crippen molar-refractivity contribution < 1.29 is 19.1 Å². The third kappa shape index (κ3) is 1.82. The molecule has 0 aliphatic carbocycles. The number of hydrogen-bond donors (Lipinski definition) is 1. The van der Waals surface area contributed by atoms with Gasteiger partial charge in [0.05, 0.1) is 31.7 Å². The van der Waals surface area contributed by atoms with Crippen LogP contribution in [0.4, 0.5) is 0 Å². The molecule has 1 aliphatic heterocycles. The van der Waals surface area contributed by atoms with Crippen molar-refractivity contribution in [3.05, 3.63) is 24.2 Å². The van der Waals surface area contributed by atoms with Gasteiger partial charge in [-0.1, -0.05) is 19.6 Å². The normalized spacial score (nSPS) is 30.3. The lowest BCUT2D eigenvalue weighted by Crippen LogP contribution is -2.49. The van der Waals surface area contributed by atoms with Gasteiger partial charge >= 0.3 is 5.97 Å². The highest BCUT2D eigenvalue weighted by molar-refractivity contribution is 6.82. The van der Waals surface area contributed by atoms with Crippen LogP contribution in [0.1, 0.15) is 25.0 Å². The zero-order valence-electron chi connectivity index (χ0n) is 11.3. The van der Waals surface area contributed by atoms with Crippen molar-refractivity contribution in [3.63, 3.8) is 0 Å². The molecule has 4 nitrogen and oxygen atoms in total. The second-order valence-electron chi connectivity index (χ2n) is 6.05. The topological polar surface area (TPSA) is 59.7 Å². The van der Waals surface area contributed by atoms with Gasteiger partial charge in [-0.05, 0) is 13.0 Å². The Labute approximate surface area is 108 Å². The lowest BCUT2D eigenvalue weighted by molar-refractivity contribution is -0.146. The number of esters is 1. The highest BCUT2D eigenvalue weighted by Gasteiger charge is 2.60. The number of cyclic esters (lactones) is 1. The van der Waals surface area contributed by atoms with Crippen LogP contribution < -0.4 is 0 Å². The summed E-state index contributed by atoms with van der Waals surface area (Å²) in [5, 5.41) is 9.41. The Balaban J connectivity index is 2.37. The minimum absolute atomic E-state index is 0.261. The van der Waals surface area contributed by atoms with E-state index >= 15 is 0 Å². The van der Waals surface area contributed by atoms with E-state index in [1.807, 2.05) is 0 Å². The average molecular weight is 268 g/mol. The average Bonchev–Trinajstić information content (AvgIpc) is 2.81. The predicted molar refractivity (Wildman–Crippen MR) is 69.9 cm³/mol. The minimum Gasteiger partial charge on any atom is -0.472 e. The van der Waals surface area contributed by atoms with E-state index in [9.17, 15) is 9.90 Å². The number of furan rings is 1. The molecule has 0 radical (unpaired) electrons. The minimum atomic E-state index is -1.91. The van der Waals surface area contributed by atoms with E-state index in [2.05, 4.69) is 19.6 Å². The van der Waals surface area contributed by atoms with E-state index in [-0.39, 0.29) is 12.1 Å². The van der Waals surface area contributed by atoms with Crippen LogP contribution >= 0.6 is 0 Å². The van der Waals surface area contributed by atoms with Gasteiger partial charge in [0.2, 0.25) is 0 Å². The van der Waals surface area contributed by atoms with Crippen LogP contribution in [-0.2, 0) is 9.53 Å². The maximum absolute atomic E-state index is 12.3. The predicted octanol–water partition coefficient (Wildman–Crippen LogP) is 2.73. The van der Waals surface area contributed by atoms with Crippen LogP contribution in [0.25, 0.3) is 0 Å². The number of carbonyl (C=O) groups is 1. The van der Waals surface area contributed by atoms with Crippen molar-refractivity contribution in [1.82, 2.24) is 0 Å². The Bertz CT molecular complexity index is 432. The van der Waals surface area contributed by atoms with Gasteiger partial charge in [0.15, 0.2) is 0 Å². The van der Waals surface area contributed by atoms with E-state index in [0.29, 0.717) is 6.42 Å². The van der Waals surface area contributed by atoms with Crippen molar-refractivity contribution in [2.75, 3.05) is 0 Å². The standard InChI is InChI=1S/C13H20O4Si/c1-9(14)13(18(2,3)4)7-11(17-12(13)15)10-5-6-16-8-10/h5-6,8-9,11,14H,7H2,1-4H3/t9-,11?,13+/m1/s1. The van der Waals surface area contributed by atoms with E-state index in [4.69, 9.17) is 9.15 Å². The molecule has 18 heavy (non-hydrogen) atoms. The SMILES string of the molecule is C[C@@H](O)[C@@]1([Si](C)(C)C)CC(c2ccoc2)OC1=O. The van der Waals surface area contributed by atoms with Gasteiger partial charge in [0.1, 0.15) is 6.10 Å². The first kappa shape index (κ1) is 13.4. The largest absolute Gasteiger partial charge is 0.472 e. The summed E-state index contributed by atoms with van der Waals surface area (Å²) in [5.41, 5.74) is 0.865. The number of aliphatic hydroxyl groups is 1. The van der Waals surface area contributed by atoms with Gasteiger partial charge in [-0.15, -0.1) is 0 Å². The zero-order valence-corrected chi connectivity index (χ0v) is 12.3. The van der Waals surface area contributed by atoms with Crippen molar-refractivity contribution >= 4 is 14.0 Å². The van der Waals surface area contributed by atoms with E-state index in [1.165, 1.54) is 0 Å². The fraction of sp³-hybridized carbons (Fsp3) is 0.615. The Morgan fingerprint density at radius 3 is 2.56 bits per heavy atom. The first-order valence-corrected chi connectivity index (χ1v) is 9.70. The highest BCUT2D eigenvalue weighted by atomic mass is 28.3. The molecule has 0 amide bonds. The Hall–Kier alpha value is -1.07. The van der Waals surface area contributed by atoms with Crippen LogP contribution in [0.15, 0.2) is 23.0 Å². The number of hydrogen-bond acceptors (Lipinski definition) is 4. The molecule has 3 atom stereocenters. The summed E-state index contributed by atoms with van der Waals surface area (Å²) in [7, 11) is -1.91. The van der Waals surface area contributed by atoms with E-state index in [1.54, 1.807) is 25.5 Å². The second kappa shape index (κ2) is 4.24. The smallest absolute Gasteiger partial charge is 0.312 e. The Morgan fingerprint density at radius 2 is 2.17 bits per heavy atom. The Morgan fingerprint density at radius 1 is 1.50 bits per heavy atom. The van der Waals surface area contributed by atoms with Gasteiger partial charge in [-0.2, -0.15) is 0 Å². The number of ether oxygens (including phenoxy) is 1. The summed E-state index contributed by atoms with van der Waals surface area (Å²) in [6.07, 6.45) is 2.73.